The minimum absolute atomic E-state index is 0.0189. The average Bonchev–Trinajstić information content (AvgIpc) is 3.72. The predicted molar refractivity (Wildman–Crippen MR) is 136 cm³/mol. The molecule has 0 aromatic carbocycles. The zero-order valence-electron chi connectivity index (χ0n) is 21.5. The van der Waals surface area contributed by atoms with Crippen LogP contribution < -0.4 is 11.1 Å². The third-order valence-electron chi connectivity index (χ3n) is 7.08. The second kappa shape index (κ2) is 10.5. The van der Waals surface area contributed by atoms with Gasteiger partial charge in [0.2, 0.25) is 0 Å². The summed E-state index contributed by atoms with van der Waals surface area (Å²) in [4.78, 5) is 66.2. The molecule has 3 aliphatic rings. The second-order valence-corrected chi connectivity index (χ2v) is 12.6. The molecule has 0 spiro atoms. The van der Waals surface area contributed by atoms with Crippen molar-refractivity contribution in [2.24, 2.45) is 0 Å². The molecule has 43 heavy (non-hydrogen) atoms. The van der Waals surface area contributed by atoms with Crippen LogP contribution in [0.5, 0.6) is 0 Å². The third-order valence-corrected chi connectivity index (χ3v) is 9.08. The van der Waals surface area contributed by atoms with Crippen molar-refractivity contribution in [1.82, 2.24) is 39.0 Å². The van der Waals surface area contributed by atoms with E-state index in [1.807, 2.05) is 0 Å². The highest BCUT2D eigenvalue weighted by Gasteiger charge is 2.51. The van der Waals surface area contributed by atoms with Gasteiger partial charge in [-0.25, -0.2) is 29.1 Å². The van der Waals surface area contributed by atoms with Gasteiger partial charge in [0, 0.05) is 6.42 Å². The number of H-pyrrole nitrogens is 2. The van der Waals surface area contributed by atoms with E-state index in [4.69, 9.17) is 27.6 Å². The maximum atomic E-state index is 13.1. The fraction of sp³-hybridized carbons (Fsp3) is 0.500. The average molecular weight is 644 g/mol. The van der Waals surface area contributed by atoms with E-state index in [1.54, 1.807) is 0 Å². The molecule has 2 bridgehead atoms. The van der Waals surface area contributed by atoms with Crippen molar-refractivity contribution in [3.05, 3.63) is 46.0 Å². The van der Waals surface area contributed by atoms with E-state index >= 15 is 0 Å². The Morgan fingerprint density at radius 1 is 0.791 bits per heavy atom. The van der Waals surface area contributed by atoms with Crippen LogP contribution in [0.2, 0.25) is 0 Å². The number of imidazole rings is 2. The van der Waals surface area contributed by atoms with Crippen molar-refractivity contribution in [3.8, 4) is 0 Å². The van der Waals surface area contributed by atoms with Crippen LogP contribution in [-0.2, 0) is 36.7 Å². The van der Waals surface area contributed by atoms with Gasteiger partial charge < -0.3 is 34.3 Å². The number of aromatic nitrogens is 8. The first-order chi connectivity index (χ1) is 20.5. The number of hydrogen-bond donors (Lipinski definition) is 5. The quantitative estimate of drug-likeness (QED) is 0.161. The Morgan fingerprint density at radius 3 is 2.02 bits per heavy atom. The van der Waals surface area contributed by atoms with Gasteiger partial charge in [-0.1, -0.05) is 0 Å². The molecule has 2 unspecified atom stereocenters. The van der Waals surface area contributed by atoms with Gasteiger partial charge in [0.1, 0.15) is 24.4 Å². The lowest BCUT2D eigenvalue weighted by Crippen LogP contribution is -2.36. The van der Waals surface area contributed by atoms with Crippen molar-refractivity contribution in [1.29, 1.82) is 0 Å². The van der Waals surface area contributed by atoms with Gasteiger partial charge in [-0.05, 0) is 0 Å². The molecule has 7 rings (SSSR count). The molecule has 0 aliphatic carbocycles. The Labute approximate surface area is 237 Å². The number of fused-ring (bicyclic) bond motifs is 5. The Hall–Kier alpha value is -3.20. The number of rotatable bonds is 2. The summed E-state index contributed by atoms with van der Waals surface area (Å²) in [5.41, 5.74) is -1.10. The first-order valence-electron chi connectivity index (χ1n) is 12.6. The number of nitrogens with zero attached hydrogens (tertiary/aromatic N) is 6. The summed E-state index contributed by atoms with van der Waals surface area (Å²) in [6, 6.07) is 0. The number of hydrogen-bond acceptors (Lipinski definition) is 15. The van der Waals surface area contributed by atoms with Crippen LogP contribution in [0.25, 0.3) is 22.3 Å². The van der Waals surface area contributed by atoms with Crippen molar-refractivity contribution in [3.63, 3.8) is 0 Å². The van der Waals surface area contributed by atoms with Gasteiger partial charge in [-0.3, -0.25) is 36.8 Å². The molecule has 0 saturated carbocycles. The number of aliphatic hydroxyl groups is 1. The molecule has 23 heteroatoms. The molecule has 7 heterocycles. The molecule has 21 nitrogen and oxygen atoms in total. The normalized spacial score (nSPS) is 37.1. The van der Waals surface area contributed by atoms with E-state index < -0.39 is 83.0 Å². The highest BCUT2D eigenvalue weighted by Crippen LogP contribution is 2.53. The van der Waals surface area contributed by atoms with E-state index in [0.717, 1.165) is 19.0 Å². The van der Waals surface area contributed by atoms with Gasteiger partial charge in [0.05, 0.1) is 44.6 Å². The van der Waals surface area contributed by atoms with Crippen LogP contribution in [0, 0.1) is 0 Å². The molecule has 0 radical (unpaired) electrons. The van der Waals surface area contributed by atoms with Crippen molar-refractivity contribution < 1.29 is 51.6 Å². The van der Waals surface area contributed by atoms with Crippen molar-refractivity contribution in [2.75, 3.05) is 13.2 Å². The predicted octanol–water partition coefficient (Wildman–Crippen LogP) is -1.18. The fourth-order valence-electron chi connectivity index (χ4n) is 5.21. The number of aromatic amines is 2. The molecule has 3 fully saturated rings. The highest BCUT2D eigenvalue weighted by molar-refractivity contribution is 7.47. The molecule has 9 atom stereocenters. The minimum atomic E-state index is -4.93. The van der Waals surface area contributed by atoms with Gasteiger partial charge in [-0.2, -0.15) is 0 Å². The van der Waals surface area contributed by atoms with Gasteiger partial charge in [-0.15, -0.1) is 0 Å². The summed E-state index contributed by atoms with van der Waals surface area (Å²) in [6.07, 6.45) is -4.97. The van der Waals surface area contributed by atoms with Gasteiger partial charge in [0.25, 0.3) is 11.1 Å². The Bertz CT molecular complexity index is 1910. The minimum Gasteiger partial charge on any atom is -0.386 e. The summed E-state index contributed by atoms with van der Waals surface area (Å²) < 4.78 is 61.4. The lowest BCUT2D eigenvalue weighted by Gasteiger charge is -2.25. The number of nitrogens with one attached hydrogen (secondary N) is 2. The summed E-state index contributed by atoms with van der Waals surface area (Å²) in [6.45, 7) is -1.31. The maximum Gasteiger partial charge on any atom is 0.472 e. The van der Waals surface area contributed by atoms with Crippen LogP contribution >= 0.6 is 15.6 Å². The van der Waals surface area contributed by atoms with Gasteiger partial charge >= 0.3 is 15.6 Å². The summed E-state index contributed by atoms with van der Waals surface area (Å²) >= 11 is 0. The van der Waals surface area contributed by atoms with Crippen LogP contribution in [0.15, 0.2) is 34.9 Å². The topological polar surface area (TPSA) is 277 Å². The fourth-order valence-corrected chi connectivity index (χ4v) is 7.12. The SMILES string of the molecule is O=c1[nH]cnc2c1ncn2[C@@H]1O[C@@H]2COP(=O)(O)O[C@@H]3C[C@@H](COP(=O)(O)O[C@H]2[C@H]1O)O[C@H]3n1cnc2c(=O)[nH]cnc21. The molecule has 3 aliphatic heterocycles. The van der Waals surface area contributed by atoms with E-state index in [2.05, 4.69) is 29.9 Å². The zero-order chi connectivity index (χ0) is 30.1. The maximum absolute atomic E-state index is 13.1. The Morgan fingerprint density at radius 2 is 1.37 bits per heavy atom. The monoisotopic (exact) mass is 644 g/mol. The number of ether oxygens (including phenoxy) is 2. The van der Waals surface area contributed by atoms with E-state index in [9.17, 15) is 33.6 Å². The molecule has 5 N–H and O–H groups in total. The molecule has 3 saturated heterocycles. The van der Waals surface area contributed by atoms with Crippen molar-refractivity contribution in [2.45, 2.75) is 49.4 Å². The molecule has 0 amide bonds. The van der Waals surface area contributed by atoms with Crippen molar-refractivity contribution >= 4 is 38.0 Å². The van der Waals surface area contributed by atoms with E-state index in [1.165, 1.54) is 15.5 Å². The molecule has 4 aromatic heterocycles. The lowest BCUT2D eigenvalue weighted by molar-refractivity contribution is -0.0670. The molecular weight excluding hydrogens is 622 g/mol. The van der Waals surface area contributed by atoms with E-state index in [-0.39, 0.29) is 28.7 Å². The largest absolute Gasteiger partial charge is 0.472 e. The Kier molecular flexibility index (Phi) is 6.95. The highest BCUT2D eigenvalue weighted by atomic mass is 31.2. The number of phosphoric acid groups is 2. The molecule has 230 valence electrons. The summed E-state index contributed by atoms with van der Waals surface area (Å²) in [5, 5.41) is 11.1. The van der Waals surface area contributed by atoms with Crippen LogP contribution in [0.3, 0.4) is 0 Å². The summed E-state index contributed by atoms with van der Waals surface area (Å²) in [7, 11) is -9.83. The number of aliphatic hydroxyl groups excluding tert-OH is 1. The standard InChI is InChI=1S/C20H22N8O13P2/c29-13-14-10(39-20(13)28-7-26-12-16(28)22-5-24-18(12)31)3-37-42(32,33)40-9-1-8(2-36-43(34,35)41-14)38-19(9)27-6-25-11-15(27)21-4-23-17(11)30/h4-10,13-14,19-20,29H,1-3H2,(H,32,33)(H,34,35)(H,21,23,30)(H,22,24,31)/t8-,9+,10+,13+,14+,19+,20+/m0/s1. The van der Waals surface area contributed by atoms with Crippen LogP contribution in [0.4, 0.5) is 0 Å². The smallest absolute Gasteiger partial charge is 0.386 e. The molecule has 4 aromatic rings. The van der Waals surface area contributed by atoms with Crippen LogP contribution in [-0.4, -0.2) is 97.7 Å². The second-order valence-electron chi connectivity index (χ2n) is 9.79. The van der Waals surface area contributed by atoms with E-state index in [0.29, 0.717) is 0 Å². The zero-order valence-corrected chi connectivity index (χ0v) is 23.3. The summed E-state index contributed by atoms with van der Waals surface area (Å²) in [5.74, 6) is 0. The third kappa shape index (κ3) is 5.17. The number of phosphoric ester groups is 2. The van der Waals surface area contributed by atoms with Crippen LogP contribution in [0.1, 0.15) is 18.9 Å². The first kappa shape index (κ1) is 28.6. The first-order valence-corrected chi connectivity index (χ1v) is 15.6. The molecular formula is C20H22N8O13P2. The van der Waals surface area contributed by atoms with Gasteiger partial charge in [0.15, 0.2) is 34.8 Å². The lowest BCUT2D eigenvalue weighted by atomic mass is 10.1. The Balaban J connectivity index is 1.19.